The molecule has 2 N–H and O–H groups in total. The van der Waals surface area contributed by atoms with Crippen LogP contribution in [0.4, 0.5) is 11.4 Å². The maximum Gasteiger partial charge on any atom is 0.0910 e. The van der Waals surface area contributed by atoms with Crippen molar-refractivity contribution in [2.75, 3.05) is 16.4 Å². The molecule has 1 unspecified atom stereocenters. The molecule has 0 fully saturated rings. The first-order valence-electron chi connectivity index (χ1n) is 9.56. The minimum Gasteiger partial charge on any atom is -0.354 e. The summed E-state index contributed by atoms with van der Waals surface area (Å²) in [6, 6.07) is 27.9. The van der Waals surface area contributed by atoms with Crippen LogP contribution in [0.3, 0.4) is 0 Å². The van der Waals surface area contributed by atoms with Gasteiger partial charge in [-0.1, -0.05) is 62.0 Å². The second kappa shape index (κ2) is 6.84. The van der Waals surface area contributed by atoms with Crippen molar-refractivity contribution in [1.82, 2.24) is 0 Å². The minimum absolute atomic E-state index is 0.00304. The largest absolute Gasteiger partial charge is 0.354 e. The highest BCUT2D eigenvalue weighted by atomic mass is 32.2. The maximum absolute atomic E-state index is 4.34. The molecular weight excluding hydrogens is 360 g/mol. The fourth-order valence-corrected chi connectivity index (χ4v) is 5.92. The molecule has 0 aliphatic carbocycles. The Morgan fingerprint density at radius 1 is 0.893 bits per heavy atom. The van der Waals surface area contributed by atoms with Gasteiger partial charge in [-0.05, 0) is 52.2 Å². The van der Waals surface area contributed by atoms with Crippen LogP contribution in [-0.4, -0.2) is 10.7 Å². The van der Waals surface area contributed by atoms with E-state index in [2.05, 4.69) is 84.8 Å². The van der Waals surface area contributed by atoms with E-state index in [0.717, 1.165) is 17.1 Å². The molecule has 138 valence electrons. The summed E-state index contributed by atoms with van der Waals surface area (Å²) in [6.07, 6.45) is 0. The van der Waals surface area contributed by atoms with Gasteiger partial charge in [0.2, 0.25) is 0 Å². The molecule has 0 bridgehead atoms. The van der Waals surface area contributed by atoms with Crippen LogP contribution < -0.4 is 10.6 Å². The van der Waals surface area contributed by atoms with E-state index in [1.165, 1.54) is 37.1 Å². The Hall–Kier alpha value is -3.04. The van der Waals surface area contributed by atoms with Crippen LogP contribution in [0.15, 0.2) is 96.0 Å². The number of rotatable bonds is 4. The SMILES string of the molecule is C=C(Nc1ccccc1)C1=S(CC)c2ccc3cc4ccccc4cc3c2N1. The summed E-state index contributed by atoms with van der Waals surface area (Å²) < 4.78 is 0. The Morgan fingerprint density at radius 2 is 1.61 bits per heavy atom. The van der Waals surface area contributed by atoms with Crippen LogP contribution in [0.25, 0.3) is 21.5 Å². The van der Waals surface area contributed by atoms with E-state index in [1.807, 2.05) is 18.2 Å². The monoisotopic (exact) mass is 382 g/mol. The van der Waals surface area contributed by atoms with Crippen LogP contribution in [0.1, 0.15) is 6.92 Å². The molecule has 0 radical (unpaired) electrons. The van der Waals surface area contributed by atoms with Crippen molar-refractivity contribution in [3.05, 3.63) is 91.1 Å². The second-order valence-corrected chi connectivity index (χ2v) is 9.17. The Labute approximate surface area is 167 Å². The molecule has 4 aromatic rings. The summed E-state index contributed by atoms with van der Waals surface area (Å²) in [6.45, 7) is 6.59. The molecule has 5 rings (SSSR count). The van der Waals surface area contributed by atoms with E-state index in [1.54, 1.807) is 0 Å². The van der Waals surface area contributed by atoms with Gasteiger partial charge in [-0.2, -0.15) is 0 Å². The van der Waals surface area contributed by atoms with Crippen molar-refractivity contribution in [2.24, 2.45) is 0 Å². The van der Waals surface area contributed by atoms with Crippen molar-refractivity contribution < 1.29 is 0 Å². The lowest BCUT2D eigenvalue weighted by Gasteiger charge is -2.13. The number of fused-ring (bicyclic) bond motifs is 4. The van der Waals surface area contributed by atoms with E-state index in [-0.39, 0.29) is 10.5 Å². The number of hydrogen-bond acceptors (Lipinski definition) is 2. The van der Waals surface area contributed by atoms with Gasteiger partial charge in [-0.3, -0.25) is 0 Å². The molecule has 0 aromatic heterocycles. The highest BCUT2D eigenvalue weighted by Crippen LogP contribution is 2.45. The molecule has 3 heteroatoms. The van der Waals surface area contributed by atoms with Crippen LogP contribution >= 0.6 is 10.5 Å². The van der Waals surface area contributed by atoms with Gasteiger partial charge in [-0.25, -0.2) is 0 Å². The van der Waals surface area contributed by atoms with E-state index >= 15 is 0 Å². The standard InChI is InChI=1S/C25H22N2S/c1-3-28-23-14-13-20-15-18-9-7-8-10-19(18)16-22(20)24(23)27-25(28)17(2)26-21-11-5-4-6-12-21/h4-16,26-27H,2-3H2,1H3. The zero-order chi connectivity index (χ0) is 19.1. The van der Waals surface area contributed by atoms with Gasteiger partial charge in [0.15, 0.2) is 0 Å². The van der Waals surface area contributed by atoms with Gasteiger partial charge in [0.1, 0.15) is 0 Å². The van der Waals surface area contributed by atoms with Crippen molar-refractivity contribution in [2.45, 2.75) is 11.8 Å². The molecule has 4 aromatic carbocycles. The van der Waals surface area contributed by atoms with Crippen molar-refractivity contribution in [3.8, 4) is 0 Å². The Balaban J connectivity index is 1.59. The summed E-state index contributed by atoms with van der Waals surface area (Å²) in [5.74, 6) is 1.06. The number of nitrogens with one attached hydrogen (secondary N) is 2. The van der Waals surface area contributed by atoms with Crippen LogP contribution in [0.5, 0.6) is 0 Å². The highest BCUT2D eigenvalue weighted by molar-refractivity contribution is 8.16. The van der Waals surface area contributed by atoms with Crippen LogP contribution in [-0.2, 0) is 0 Å². The number of anilines is 2. The Morgan fingerprint density at radius 3 is 2.36 bits per heavy atom. The predicted octanol–water partition coefficient (Wildman–Crippen LogP) is 6.82. The lowest BCUT2D eigenvalue weighted by Crippen LogP contribution is -2.16. The van der Waals surface area contributed by atoms with E-state index in [0.29, 0.717) is 0 Å². The van der Waals surface area contributed by atoms with Crippen molar-refractivity contribution in [3.63, 3.8) is 0 Å². The van der Waals surface area contributed by atoms with Gasteiger partial charge in [0, 0.05) is 16.0 Å². The van der Waals surface area contributed by atoms with Crippen molar-refractivity contribution in [1.29, 1.82) is 0 Å². The Bertz CT molecular complexity index is 1260. The summed E-state index contributed by atoms with van der Waals surface area (Å²) in [5, 5.41) is 12.3. The fourth-order valence-electron chi connectivity index (χ4n) is 3.89. The number of hydrogen-bond donors (Lipinski definition) is 2. The van der Waals surface area contributed by atoms with Gasteiger partial charge in [-0.15, -0.1) is 10.5 Å². The summed E-state index contributed by atoms with van der Waals surface area (Å²) >= 11 is 0. The molecule has 0 saturated carbocycles. The maximum atomic E-state index is 4.34. The molecule has 0 spiro atoms. The van der Waals surface area contributed by atoms with Crippen molar-refractivity contribution >= 4 is 48.4 Å². The molecule has 1 aliphatic rings. The molecular formula is C25H22N2S. The third kappa shape index (κ3) is 2.79. The Kier molecular flexibility index (Phi) is 4.18. The zero-order valence-electron chi connectivity index (χ0n) is 15.8. The zero-order valence-corrected chi connectivity index (χ0v) is 16.6. The van der Waals surface area contributed by atoms with E-state index in [9.17, 15) is 0 Å². The van der Waals surface area contributed by atoms with Crippen LogP contribution in [0, 0.1) is 0 Å². The predicted molar refractivity (Wildman–Crippen MR) is 126 cm³/mol. The van der Waals surface area contributed by atoms with E-state index < -0.39 is 0 Å². The average molecular weight is 383 g/mol. The first-order valence-corrected chi connectivity index (χ1v) is 11.0. The molecule has 2 nitrogen and oxygen atoms in total. The summed E-state index contributed by atoms with van der Waals surface area (Å²) in [7, 11) is 0.00304. The lowest BCUT2D eigenvalue weighted by atomic mass is 10.0. The van der Waals surface area contributed by atoms with Gasteiger partial charge in [0.25, 0.3) is 0 Å². The first-order chi connectivity index (χ1) is 13.7. The third-order valence-electron chi connectivity index (χ3n) is 5.23. The topological polar surface area (TPSA) is 24.1 Å². The fraction of sp³-hybridized carbons (Fsp3) is 0.0800. The molecule has 0 saturated heterocycles. The van der Waals surface area contributed by atoms with E-state index in [4.69, 9.17) is 0 Å². The van der Waals surface area contributed by atoms with Gasteiger partial charge < -0.3 is 10.6 Å². The van der Waals surface area contributed by atoms with Gasteiger partial charge in [0.05, 0.1) is 16.4 Å². The van der Waals surface area contributed by atoms with Gasteiger partial charge >= 0.3 is 0 Å². The summed E-state index contributed by atoms with van der Waals surface area (Å²) in [4.78, 5) is 2.58. The molecule has 1 heterocycles. The lowest BCUT2D eigenvalue weighted by molar-refractivity contribution is 1.46. The smallest absolute Gasteiger partial charge is 0.0910 e. The summed E-state index contributed by atoms with van der Waals surface area (Å²) in [5.41, 5.74) is 3.24. The normalized spacial score (nSPS) is 15.5. The quantitative estimate of drug-likeness (QED) is 0.230. The molecule has 28 heavy (non-hydrogen) atoms. The minimum atomic E-state index is 0.00304. The third-order valence-corrected chi connectivity index (χ3v) is 7.52. The van der Waals surface area contributed by atoms with Crippen LogP contribution in [0.2, 0.25) is 0 Å². The first kappa shape index (κ1) is 17.1. The average Bonchev–Trinajstić information content (AvgIpc) is 3.12. The highest BCUT2D eigenvalue weighted by Gasteiger charge is 2.23. The number of para-hydroxylation sites is 1. The molecule has 1 aliphatic heterocycles. The molecule has 0 amide bonds. The molecule has 1 atom stereocenters. The second-order valence-electron chi connectivity index (χ2n) is 6.96. The number of benzene rings is 4.